The lowest BCUT2D eigenvalue weighted by molar-refractivity contribution is -0.133. The number of aromatic nitrogens is 1. The highest BCUT2D eigenvalue weighted by Gasteiger charge is 2.26. The van der Waals surface area contributed by atoms with Crippen LogP contribution in [0.1, 0.15) is 29.8 Å². The van der Waals surface area contributed by atoms with E-state index >= 15 is 0 Å². The van der Waals surface area contributed by atoms with Crippen molar-refractivity contribution in [1.82, 2.24) is 19.3 Å². The van der Waals surface area contributed by atoms with Gasteiger partial charge in [-0.3, -0.25) is 14.5 Å². The third-order valence-electron chi connectivity index (χ3n) is 4.89. The van der Waals surface area contributed by atoms with Gasteiger partial charge in [0, 0.05) is 52.5 Å². The molecule has 0 spiro atoms. The first-order valence-corrected chi connectivity index (χ1v) is 8.56. The summed E-state index contributed by atoms with van der Waals surface area (Å²) in [7, 11) is 1.89. The Morgan fingerprint density at radius 1 is 0.957 bits per heavy atom. The second-order valence-corrected chi connectivity index (χ2v) is 6.51. The van der Waals surface area contributed by atoms with E-state index in [1.54, 1.807) is 0 Å². The Morgan fingerprint density at radius 2 is 1.65 bits per heavy atom. The number of hydrogen-bond donors (Lipinski definition) is 0. The Hall–Kier alpha value is -1.82. The molecule has 0 radical (unpaired) electrons. The van der Waals surface area contributed by atoms with Crippen molar-refractivity contribution in [2.24, 2.45) is 7.05 Å². The molecule has 1 aromatic rings. The van der Waals surface area contributed by atoms with Crippen LogP contribution in [0, 0.1) is 0 Å². The predicted molar refractivity (Wildman–Crippen MR) is 88.2 cm³/mol. The molecule has 23 heavy (non-hydrogen) atoms. The van der Waals surface area contributed by atoms with Crippen LogP contribution in [0.5, 0.6) is 0 Å². The van der Waals surface area contributed by atoms with Crippen molar-refractivity contribution in [3.8, 4) is 0 Å². The van der Waals surface area contributed by atoms with E-state index in [1.165, 1.54) is 6.42 Å². The Kier molecular flexibility index (Phi) is 5.00. The van der Waals surface area contributed by atoms with Crippen molar-refractivity contribution in [1.29, 1.82) is 0 Å². The van der Waals surface area contributed by atoms with Crippen LogP contribution in [0.3, 0.4) is 0 Å². The Bertz CT molecular complexity index is 555. The highest BCUT2D eigenvalue weighted by molar-refractivity contribution is 5.92. The third kappa shape index (κ3) is 3.75. The van der Waals surface area contributed by atoms with Crippen molar-refractivity contribution in [2.75, 3.05) is 45.8 Å². The monoisotopic (exact) mass is 318 g/mol. The molecular weight excluding hydrogens is 292 g/mol. The van der Waals surface area contributed by atoms with E-state index in [2.05, 4.69) is 4.90 Å². The van der Waals surface area contributed by atoms with Gasteiger partial charge in [-0.05, 0) is 31.4 Å². The molecule has 2 fully saturated rings. The highest BCUT2D eigenvalue weighted by Crippen LogP contribution is 2.12. The van der Waals surface area contributed by atoms with Crippen LogP contribution in [-0.2, 0) is 11.8 Å². The molecule has 0 bridgehead atoms. The zero-order valence-electron chi connectivity index (χ0n) is 13.9. The van der Waals surface area contributed by atoms with Gasteiger partial charge in [-0.25, -0.2) is 0 Å². The molecule has 2 amide bonds. The van der Waals surface area contributed by atoms with Gasteiger partial charge in [0.2, 0.25) is 5.91 Å². The van der Waals surface area contributed by atoms with Gasteiger partial charge < -0.3 is 14.4 Å². The van der Waals surface area contributed by atoms with Gasteiger partial charge in [-0.15, -0.1) is 0 Å². The molecule has 0 aromatic carbocycles. The van der Waals surface area contributed by atoms with E-state index in [4.69, 9.17) is 0 Å². The maximum atomic E-state index is 12.5. The molecule has 0 aliphatic carbocycles. The summed E-state index contributed by atoms with van der Waals surface area (Å²) in [5.74, 6) is 0.325. The number of hydrogen-bond acceptors (Lipinski definition) is 3. The van der Waals surface area contributed by atoms with Crippen LogP contribution in [0.2, 0.25) is 0 Å². The molecule has 6 nitrogen and oxygen atoms in total. The topological polar surface area (TPSA) is 48.8 Å². The number of aryl methyl sites for hydroxylation is 1. The Balaban J connectivity index is 1.47. The lowest BCUT2D eigenvalue weighted by Gasteiger charge is -2.36. The second-order valence-electron chi connectivity index (χ2n) is 6.51. The lowest BCUT2D eigenvalue weighted by atomic mass is 10.1. The molecule has 2 saturated heterocycles. The van der Waals surface area contributed by atoms with Crippen molar-refractivity contribution in [3.63, 3.8) is 0 Å². The van der Waals surface area contributed by atoms with Crippen LogP contribution in [-0.4, -0.2) is 76.9 Å². The first kappa shape index (κ1) is 16.1. The van der Waals surface area contributed by atoms with Gasteiger partial charge in [0.1, 0.15) is 5.69 Å². The van der Waals surface area contributed by atoms with Crippen molar-refractivity contribution >= 4 is 11.8 Å². The molecule has 6 heteroatoms. The Morgan fingerprint density at radius 3 is 2.26 bits per heavy atom. The molecule has 2 aliphatic rings. The van der Waals surface area contributed by atoms with Gasteiger partial charge >= 0.3 is 0 Å². The first-order chi connectivity index (χ1) is 11.1. The minimum atomic E-state index is 0.0829. The number of carbonyl (C=O) groups is 2. The van der Waals surface area contributed by atoms with E-state index in [1.807, 2.05) is 39.7 Å². The normalized spacial score (nSPS) is 19.9. The maximum absolute atomic E-state index is 12.5. The summed E-state index contributed by atoms with van der Waals surface area (Å²) in [4.78, 5) is 30.8. The highest BCUT2D eigenvalue weighted by atomic mass is 16.2. The number of amides is 2. The standard InChI is InChI=1S/C17H26N4O2/c1-18-7-5-6-15(18)17(23)21-12-10-19(11-13-21)14-16(22)20-8-3-2-4-9-20/h5-7H,2-4,8-14H2,1H3. The number of carbonyl (C=O) groups excluding carboxylic acids is 2. The average molecular weight is 318 g/mol. The minimum Gasteiger partial charge on any atom is -0.347 e. The van der Waals surface area contributed by atoms with E-state index in [-0.39, 0.29) is 11.8 Å². The Labute approximate surface area is 137 Å². The van der Waals surface area contributed by atoms with Gasteiger partial charge in [0.25, 0.3) is 5.91 Å². The van der Waals surface area contributed by atoms with Crippen LogP contribution < -0.4 is 0 Å². The van der Waals surface area contributed by atoms with Gasteiger partial charge in [-0.2, -0.15) is 0 Å². The number of rotatable bonds is 3. The molecule has 2 aliphatic heterocycles. The third-order valence-corrected chi connectivity index (χ3v) is 4.89. The summed E-state index contributed by atoms with van der Waals surface area (Å²) in [6.45, 7) is 5.24. The summed E-state index contributed by atoms with van der Waals surface area (Å²) in [5.41, 5.74) is 0.725. The van der Waals surface area contributed by atoms with Crippen molar-refractivity contribution in [3.05, 3.63) is 24.0 Å². The van der Waals surface area contributed by atoms with Crippen molar-refractivity contribution < 1.29 is 9.59 Å². The van der Waals surface area contributed by atoms with Gasteiger partial charge in [0.05, 0.1) is 6.54 Å². The molecule has 0 atom stereocenters. The maximum Gasteiger partial charge on any atom is 0.270 e. The summed E-state index contributed by atoms with van der Waals surface area (Å²) in [6.07, 6.45) is 5.39. The second kappa shape index (κ2) is 7.17. The number of piperidine rings is 1. The SMILES string of the molecule is Cn1cccc1C(=O)N1CCN(CC(=O)N2CCCCC2)CC1. The average Bonchev–Trinajstić information content (AvgIpc) is 3.02. The first-order valence-electron chi connectivity index (χ1n) is 8.56. The molecule has 3 heterocycles. The summed E-state index contributed by atoms with van der Waals surface area (Å²) in [5, 5.41) is 0. The zero-order valence-corrected chi connectivity index (χ0v) is 13.9. The summed E-state index contributed by atoms with van der Waals surface area (Å²) < 4.78 is 1.86. The van der Waals surface area contributed by atoms with Crippen LogP contribution >= 0.6 is 0 Å². The molecule has 3 rings (SSSR count). The zero-order chi connectivity index (χ0) is 16.2. The molecule has 1 aromatic heterocycles. The fourth-order valence-corrected chi connectivity index (χ4v) is 3.39. The fraction of sp³-hybridized carbons (Fsp3) is 0.647. The predicted octanol–water partition coefficient (Wildman–Crippen LogP) is 0.795. The fourth-order valence-electron chi connectivity index (χ4n) is 3.39. The molecule has 0 N–H and O–H groups in total. The number of nitrogens with zero attached hydrogens (tertiary/aromatic N) is 4. The lowest BCUT2D eigenvalue weighted by Crippen LogP contribution is -2.52. The van der Waals surface area contributed by atoms with Crippen LogP contribution in [0.25, 0.3) is 0 Å². The van der Waals surface area contributed by atoms with Crippen LogP contribution in [0.15, 0.2) is 18.3 Å². The van der Waals surface area contributed by atoms with E-state index in [0.29, 0.717) is 19.6 Å². The minimum absolute atomic E-state index is 0.0829. The molecular formula is C17H26N4O2. The largest absolute Gasteiger partial charge is 0.347 e. The summed E-state index contributed by atoms with van der Waals surface area (Å²) in [6, 6.07) is 3.75. The van der Waals surface area contributed by atoms with Gasteiger partial charge in [-0.1, -0.05) is 0 Å². The summed E-state index contributed by atoms with van der Waals surface area (Å²) >= 11 is 0. The smallest absolute Gasteiger partial charge is 0.270 e. The van der Waals surface area contributed by atoms with Gasteiger partial charge in [0.15, 0.2) is 0 Å². The number of piperazine rings is 1. The van der Waals surface area contributed by atoms with Crippen LogP contribution in [0.4, 0.5) is 0 Å². The number of likely N-dealkylation sites (tertiary alicyclic amines) is 1. The van der Waals surface area contributed by atoms with E-state index in [9.17, 15) is 9.59 Å². The van der Waals surface area contributed by atoms with Crippen molar-refractivity contribution in [2.45, 2.75) is 19.3 Å². The van der Waals surface area contributed by atoms with E-state index < -0.39 is 0 Å². The molecule has 0 unspecified atom stereocenters. The van der Waals surface area contributed by atoms with E-state index in [0.717, 1.165) is 44.7 Å². The molecule has 0 saturated carbocycles. The molecule has 126 valence electrons. The quantitative estimate of drug-likeness (QED) is 0.828.